The van der Waals surface area contributed by atoms with Crippen LogP contribution in [0.1, 0.15) is 32.6 Å². The van der Waals surface area contributed by atoms with Crippen LogP contribution in [-0.4, -0.2) is 41.3 Å². The third-order valence-corrected chi connectivity index (χ3v) is 5.01. The van der Waals surface area contributed by atoms with Gasteiger partial charge in [0.15, 0.2) is 5.58 Å². The molecule has 1 aliphatic heterocycles. The van der Waals surface area contributed by atoms with Crippen molar-refractivity contribution in [2.75, 3.05) is 25.6 Å². The molecule has 0 radical (unpaired) electrons. The molecule has 1 aliphatic rings. The number of aryl methyl sites for hydroxylation is 1. The van der Waals surface area contributed by atoms with Crippen LogP contribution in [0, 0.1) is 0 Å². The number of oxazole rings is 1. The smallest absolute Gasteiger partial charge is 0.408 e. The average Bonchev–Trinajstić information content (AvgIpc) is 3.10. The van der Waals surface area contributed by atoms with Crippen molar-refractivity contribution in [1.29, 1.82) is 0 Å². The predicted molar refractivity (Wildman–Crippen MR) is 95.9 cm³/mol. The standard InChI is InChI=1S/C18H25N3O4/c1-4-8-18(12-24-3)9-5-10-21(18)16(22)19-13-6-7-14-15(11-13)25-17(23)20(14)2/h6-7,11H,4-5,8-10,12H2,1-3H3,(H,19,22)/t18-/m0/s1. The number of likely N-dealkylation sites (tertiary alicyclic amines) is 1. The number of methoxy groups -OCH3 is 1. The number of ether oxygens (including phenoxy) is 1. The fraction of sp³-hybridized carbons (Fsp3) is 0.556. The van der Waals surface area contributed by atoms with E-state index in [0.717, 1.165) is 32.2 Å². The molecule has 0 unspecified atom stereocenters. The van der Waals surface area contributed by atoms with Crippen LogP contribution in [0.3, 0.4) is 0 Å². The molecule has 0 aliphatic carbocycles. The summed E-state index contributed by atoms with van der Waals surface area (Å²) in [5, 5.41) is 2.94. The van der Waals surface area contributed by atoms with Gasteiger partial charge in [0.05, 0.1) is 17.7 Å². The normalized spacial score (nSPS) is 20.4. The Labute approximate surface area is 146 Å². The number of hydrogen-bond acceptors (Lipinski definition) is 4. The van der Waals surface area contributed by atoms with Gasteiger partial charge in [-0.15, -0.1) is 0 Å². The van der Waals surface area contributed by atoms with Crippen molar-refractivity contribution in [3.63, 3.8) is 0 Å². The Hall–Kier alpha value is -2.28. The summed E-state index contributed by atoms with van der Waals surface area (Å²) in [6.07, 6.45) is 3.84. The lowest BCUT2D eigenvalue weighted by Gasteiger charge is -2.38. The Balaban J connectivity index is 1.82. The van der Waals surface area contributed by atoms with Crippen molar-refractivity contribution >= 4 is 22.8 Å². The number of hydrogen-bond donors (Lipinski definition) is 1. The summed E-state index contributed by atoms with van der Waals surface area (Å²) in [5.74, 6) is -0.417. The molecule has 7 heteroatoms. The van der Waals surface area contributed by atoms with Crippen molar-refractivity contribution in [3.05, 3.63) is 28.7 Å². The van der Waals surface area contributed by atoms with E-state index < -0.39 is 5.76 Å². The van der Waals surface area contributed by atoms with E-state index in [1.54, 1.807) is 32.4 Å². The summed E-state index contributed by atoms with van der Waals surface area (Å²) < 4.78 is 12.0. The molecule has 0 bridgehead atoms. The maximum absolute atomic E-state index is 12.8. The monoisotopic (exact) mass is 347 g/mol. The van der Waals surface area contributed by atoms with Crippen molar-refractivity contribution in [2.45, 2.75) is 38.1 Å². The molecular weight excluding hydrogens is 322 g/mol. The third kappa shape index (κ3) is 3.16. The van der Waals surface area contributed by atoms with Crippen LogP contribution in [0.15, 0.2) is 27.4 Å². The zero-order valence-electron chi connectivity index (χ0n) is 15.0. The summed E-state index contributed by atoms with van der Waals surface area (Å²) in [5.41, 5.74) is 1.53. The third-order valence-electron chi connectivity index (χ3n) is 5.01. The number of fused-ring (bicyclic) bond motifs is 1. The van der Waals surface area contributed by atoms with E-state index in [0.29, 0.717) is 23.4 Å². The van der Waals surface area contributed by atoms with Crippen LogP contribution < -0.4 is 11.1 Å². The van der Waals surface area contributed by atoms with Crippen molar-refractivity contribution in [1.82, 2.24) is 9.47 Å². The summed E-state index contributed by atoms with van der Waals surface area (Å²) in [6, 6.07) is 5.10. The molecule has 2 heterocycles. The predicted octanol–water partition coefficient (Wildman–Crippen LogP) is 2.94. The van der Waals surface area contributed by atoms with Gasteiger partial charge in [-0.1, -0.05) is 13.3 Å². The number of rotatable bonds is 5. The molecule has 1 fully saturated rings. The minimum atomic E-state index is -0.417. The van der Waals surface area contributed by atoms with Crippen molar-refractivity contribution in [3.8, 4) is 0 Å². The Bertz CT molecular complexity index is 817. The first-order chi connectivity index (χ1) is 12.0. The van der Waals surface area contributed by atoms with E-state index in [9.17, 15) is 9.59 Å². The molecular formula is C18H25N3O4. The first kappa shape index (κ1) is 17.5. The molecule has 1 aromatic carbocycles. The van der Waals surface area contributed by atoms with E-state index in [1.807, 2.05) is 4.90 Å². The highest BCUT2D eigenvalue weighted by Gasteiger charge is 2.43. The van der Waals surface area contributed by atoms with E-state index in [-0.39, 0.29) is 11.6 Å². The van der Waals surface area contributed by atoms with Crippen LogP contribution in [-0.2, 0) is 11.8 Å². The fourth-order valence-electron chi connectivity index (χ4n) is 3.87. The summed E-state index contributed by atoms with van der Waals surface area (Å²) in [4.78, 5) is 26.3. The number of nitrogens with one attached hydrogen (secondary N) is 1. The van der Waals surface area contributed by atoms with Gasteiger partial charge in [0.2, 0.25) is 0 Å². The molecule has 0 saturated carbocycles. The molecule has 1 saturated heterocycles. The highest BCUT2D eigenvalue weighted by Crippen LogP contribution is 2.34. The Morgan fingerprint density at radius 1 is 1.44 bits per heavy atom. The summed E-state index contributed by atoms with van der Waals surface area (Å²) in [6.45, 7) is 3.38. The van der Waals surface area contributed by atoms with Gasteiger partial charge in [0.1, 0.15) is 0 Å². The molecule has 7 nitrogen and oxygen atoms in total. The summed E-state index contributed by atoms with van der Waals surface area (Å²) >= 11 is 0. The number of urea groups is 1. The van der Waals surface area contributed by atoms with Gasteiger partial charge in [-0.05, 0) is 31.4 Å². The van der Waals surface area contributed by atoms with E-state index >= 15 is 0 Å². The van der Waals surface area contributed by atoms with Crippen LogP contribution >= 0.6 is 0 Å². The zero-order valence-corrected chi connectivity index (χ0v) is 15.0. The maximum Gasteiger partial charge on any atom is 0.419 e. The second-order valence-corrected chi connectivity index (χ2v) is 6.70. The zero-order chi connectivity index (χ0) is 18.0. The molecule has 1 N–H and O–H groups in total. The van der Waals surface area contributed by atoms with Crippen LogP contribution in [0.25, 0.3) is 11.1 Å². The van der Waals surface area contributed by atoms with Crippen LogP contribution in [0.4, 0.5) is 10.5 Å². The largest absolute Gasteiger partial charge is 0.419 e. The number of nitrogens with zero attached hydrogens (tertiary/aromatic N) is 2. The molecule has 2 aromatic rings. The van der Waals surface area contributed by atoms with Gasteiger partial charge < -0.3 is 19.4 Å². The van der Waals surface area contributed by atoms with E-state index in [4.69, 9.17) is 9.15 Å². The topological polar surface area (TPSA) is 76.7 Å². The van der Waals surface area contributed by atoms with Crippen molar-refractivity contribution < 1.29 is 13.9 Å². The minimum Gasteiger partial charge on any atom is -0.408 e. The van der Waals surface area contributed by atoms with E-state index in [2.05, 4.69) is 12.2 Å². The number of carbonyl (C=O) groups excluding carboxylic acids is 1. The SMILES string of the molecule is CCC[C@@]1(COC)CCCN1C(=O)Nc1ccc2c(c1)oc(=O)n2C. The number of amides is 2. The van der Waals surface area contributed by atoms with Gasteiger partial charge in [0.25, 0.3) is 0 Å². The first-order valence-electron chi connectivity index (χ1n) is 8.68. The molecule has 3 rings (SSSR count). The molecule has 1 atom stereocenters. The maximum atomic E-state index is 12.8. The second-order valence-electron chi connectivity index (χ2n) is 6.70. The number of carbonyl (C=O) groups is 1. The molecule has 1 aromatic heterocycles. The van der Waals surface area contributed by atoms with Gasteiger partial charge in [0, 0.05) is 32.5 Å². The minimum absolute atomic E-state index is 0.138. The molecule has 2 amide bonds. The van der Waals surface area contributed by atoms with Crippen LogP contribution in [0.5, 0.6) is 0 Å². The fourth-order valence-corrected chi connectivity index (χ4v) is 3.87. The first-order valence-corrected chi connectivity index (χ1v) is 8.68. The summed E-state index contributed by atoms with van der Waals surface area (Å²) in [7, 11) is 3.33. The average molecular weight is 347 g/mol. The van der Waals surface area contributed by atoms with Crippen LogP contribution in [0.2, 0.25) is 0 Å². The molecule has 136 valence electrons. The van der Waals surface area contributed by atoms with Gasteiger partial charge in [-0.25, -0.2) is 9.59 Å². The second kappa shape index (κ2) is 6.92. The van der Waals surface area contributed by atoms with Crippen molar-refractivity contribution in [2.24, 2.45) is 7.05 Å². The highest BCUT2D eigenvalue weighted by atomic mass is 16.5. The quantitative estimate of drug-likeness (QED) is 0.902. The lowest BCUT2D eigenvalue weighted by atomic mass is 9.91. The molecule has 0 spiro atoms. The van der Waals surface area contributed by atoms with E-state index in [1.165, 1.54) is 4.57 Å². The van der Waals surface area contributed by atoms with Gasteiger partial charge >= 0.3 is 11.8 Å². The van der Waals surface area contributed by atoms with Gasteiger partial charge in [-0.2, -0.15) is 0 Å². The Morgan fingerprint density at radius 3 is 2.96 bits per heavy atom. The Morgan fingerprint density at radius 2 is 2.24 bits per heavy atom. The Kier molecular flexibility index (Phi) is 4.85. The number of aromatic nitrogens is 1. The number of anilines is 1. The molecule has 25 heavy (non-hydrogen) atoms. The van der Waals surface area contributed by atoms with Gasteiger partial charge in [-0.3, -0.25) is 4.57 Å². The lowest BCUT2D eigenvalue weighted by Crippen LogP contribution is -2.51. The number of benzene rings is 1. The highest BCUT2D eigenvalue weighted by molar-refractivity contribution is 5.92. The lowest BCUT2D eigenvalue weighted by molar-refractivity contribution is 0.0540.